The minimum atomic E-state index is -0.143. The Labute approximate surface area is 135 Å². The number of amides is 2. The molecule has 0 aromatic heterocycles. The average Bonchev–Trinajstić information content (AvgIpc) is 3.39. The van der Waals surface area contributed by atoms with Crippen LogP contribution in [-0.4, -0.2) is 11.8 Å². The molecule has 0 saturated heterocycles. The molecule has 0 aliphatic heterocycles. The first kappa shape index (κ1) is 15.3. The lowest BCUT2D eigenvalue weighted by molar-refractivity contribution is -0.117. The van der Waals surface area contributed by atoms with E-state index in [9.17, 15) is 9.59 Å². The number of benzene rings is 2. The molecule has 0 radical (unpaired) electrons. The fraction of sp³-hybridized carbons (Fsp3) is 0.263. The van der Waals surface area contributed by atoms with Crippen LogP contribution in [0.3, 0.4) is 0 Å². The molecular formula is C19H20N2O2. The smallest absolute Gasteiger partial charge is 0.251 e. The summed E-state index contributed by atoms with van der Waals surface area (Å²) in [7, 11) is 0. The maximum Gasteiger partial charge on any atom is 0.251 e. The third-order valence-corrected chi connectivity index (χ3v) is 4.04. The molecule has 0 unspecified atom stereocenters. The van der Waals surface area contributed by atoms with Crippen molar-refractivity contribution >= 4 is 17.5 Å². The maximum atomic E-state index is 12.3. The highest BCUT2D eigenvalue weighted by Gasteiger charge is 2.29. The van der Waals surface area contributed by atoms with Gasteiger partial charge < -0.3 is 10.6 Å². The molecule has 1 fully saturated rings. The number of hydrogen-bond donors (Lipinski definition) is 2. The second-order valence-electron chi connectivity index (χ2n) is 5.95. The van der Waals surface area contributed by atoms with Crippen molar-refractivity contribution in [1.29, 1.82) is 0 Å². The fourth-order valence-electron chi connectivity index (χ4n) is 2.41. The normalized spacial score (nSPS) is 13.4. The van der Waals surface area contributed by atoms with Gasteiger partial charge in [-0.05, 0) is 49.1 Å². The Balaban J connectivity index is 1.62. The van der Waals surface area contributed by atoms with Crippen LogP contribution in [0.15, 0.2) is 48.5 Å². The first-order valence-electron chi connectivity index (χ1n) is 7.87. The number of anilines is 1. The molecule has 2 N–H and O–H groups in total. The molecule has 3 rings (SSSR count). The first-order valence-corrected chi connectivity index (χ1v) is 7.87. The van der Waals surface area contributed by atoms with Crippen molar-refractivity contribution in [3.05, 3.63) is 65.2 Å². The molecule has 0 spiro atoms. The monoisotopic (exact) mass is 308 g/mol. The molecule has 0 heterocycles. The molecule has 1 aliphatic rings. The van der Waals surface area contributed by atoms with Gasteiger partial charge in [0.15, 0.2) is 0 Å². The zero-order valence-corrected chi connectivity index (χ0v) is 13.1. The lowest BCUT2D eigenvalue weighted by Crippen LogP contribution is -2.23. The second-order valence-corrected chi connectivity index (χ2v) is 5.95. The lowest BCUT2D eigenvalue weighted by Gasteiger charge is -2.09. The van der Waals surface area contributed by atoms with E-state index in [-0.39, 0.29) is 17.7 Å². The summed E-state index contributed by atoms with van der Waals surface area (Å²) in [6, 6.07) is 15.0. The Morgan fingerprint density at radius 1 is 1.09 bits per heavy atom. The zero-order valence-electron chi connectivity index (χ0n) is 13.1. The van der Waals surface area contributed by atoms with E-state index in [2.05, 4.69) is 10.6 Å². The zero-order chi connectivity index (χ0) is 16.2. The summed E-state index contributed by atoms with van der Waals surface area (Å²) in [5.41, 5.74) is 3.47. The Hall–Kier alpha value is -2.62. The standard InChI is InChI=1S/C19H20N2O2/c1-13-5-2-3-6-16(13)12-20-18(22)15-7-4-8-17(11-15)21-19(23)14-9-10-14/h2-8,11,14H,9-10,12H2,1H3,(H,20,22)(H,21,23). The van der Waals surface area contributed by atoms with E-state index in [1.807, 2.05) is 31.2 Å². The van der Waals surface area contributed by atoms with Crippen molar-refractivity contribution in [2.45, 2.75) is 26.3 Å². The minimum Gasteiger partial charge on any atom is -0.348 e. The largest absolute Gasteiger partial charge is 0.348 e. The van der Waals surface area contributed by atoms with E-state index in [0.717, 1.165) is 24.0 Å². The summed E-state index contributed by atoms with van der Waals surface area (Å²) in [4.78, 5) is 24.1. The molecule has 2 aromatic rings. The van der Waals surface area contributed by atoms with E-state index < -0.39 is 0 Å². The van der Waals surface area contributed by atoms with Crippen LogP contribution in [0, 0.1) is 12.8 Å². The molecular weight excluding hydrogens is 288 g/mol. The van der Waals surface area contributed by atoms with Crippen LogP contribution in [0.2, 0.25) is 0 Å². The van der Waals surface area contributed by atoms with Gasteiger partial charge in [0.25, 0.3) is 5.91 Å². The second kappa shape index (κ2) is 6.65. The lowest BCUT2D eigenvalue weighted by atomic mass is 10.1. The van der Waals surface area contributed by atoms with E-state index in [1.54, 1.807) is 24.3 Å². The van der Waals surface area contributed by atoms with Gasteiger partial charge in [0.05, 0.1) is 0 Å². The van der Waals surface area contributed by atoms with Crippen molar-refractivity contribution < 1.29 is 9.59 Å². The van der Waals surface area contributed by atoms with Gasteiger partial charge in [-0.3, -0.25) is 9.59 Å². The molecule has 1 aliphatic carbocycles. The number of rotatable bonds is 5. The fourth-order valence-corrected chi connectivity index (χ4v) is 2.41. The molecule has 2 aromatic carbocycles. The highest BCUT2D eigenvalue weighted by molar-refractivity contribution is 5.98. The van der Waals surface area contributed by atoms with Gasteiger partial charge in [0.1, 0.15) is 0 Å². The Kier molecular flexibility index (Phi) is 4.42. The summed E-state index contributed by atoms with van der Waals surface area (Å²) in [5, 5.41) is 5.78. The van der Waals surface area contributed by atoms with E-state index >= 15 is 0 Å². The van der Waals surface area contributed by atoms with Crippen LogP contribution in [0.1, 0.15) is 34.3 Å². The molecule has 1 saturated carbocycles. The van der Waals surface area contributed by atoms with Crippen molar-refractivity contribution in [1.82, 2.24) is 5.32 Å². The van der Waals surface area contributed by atoms with Crippen LogP contribution in [-0.2, 0) is 11.3 Å². The van der Waals surface area contributed by atoms with Crippen LogP contribution in [0.25, 0.3) is 0 Å². The Bertz CT molecular complexity index is 736. The van der Waals surface area contributed by atoms with Crippen molar-refractivity contribution in [3.8, 4) is 0 Å². The SMILES string of the molecule is Cc1ccccc1CNC(=O)c1cccc(NC(=O)C2CC2)c1. The first-order chi connectivity index (χ1) is 11.1. The Morgan fingerprint density at radius 2 is 1.87 bits per heavy atom. The highest BCUT2D eigenvalue weighted by Crippen LogP contribution is 2.30. The minimum absolute atomic E-state index is 0.0440. The summed E-state index contributed by atoms with van der Waals surface area (Å²) in [5.74, 6) is 0.0479. The van der Waals surface area contributed by atoms with Crippen LogP contribution < -0.4 is 10.6 Å². The summed E-state index contributed by atoms with van der Waals surface area (Å²) in [6.07, 6.45) is 1.92. The number of carbonyl (C=O) groups is 2. The molecule has 118 valence electrons. The Morgan fingerprint density at radius 3 is 2.61 bits per heavy atom. The third-order valence-electron chi connectivity index (χ3n) is 4.04. The van der Waals surface area contributed by atoms with Crippen molar-refractivity contribution in [2.24, 2.45) is 5.92 Å². The molecule has 0 bridgehead atoms. The summed E-state index contributed by atoms with van der Waals surface area (Å²) >= 11 is 0. The topological polar surface area (TPSA) is 58.2 Å². The van der Waals surface area contributed by atoms with Gasteiger partial charge in [0, 0.05) is 23.7 Å². The van der Waals surface area contributed by atoms with Crippen molar-refractivity contribution in [2.75, 3.05) is 5.32 Å². The van der Waals surface area contributed by atoms with E-state index in [1.165, 1.54) is 0 Å². The number of aryl methyl sites for hydroxylation is 1. The highest BCUT2D eigenvalue weighted by atomic mass is 16.2. The predicted molar refractivity (Wildman–Crippen MR) is 90.1 cm³/mol. The van der Waals surface area contributed by atoms with Gasteiger partial charge in [-0.15, -0.1) is 0 Å². The number of nitrogens with one attached hydrogen (secondary N) is 2. The van der Waals surface area contributed by atoms with E-state index in [4.69, 9.17) is 0 Å². The summed E-state index contributed by atoms with van der Waals surface area (Å²) < 4.78 is 0. The third kappa shape index (κ3) is 3.97. The van der Waals surface area contributed by atoms with Gasteiger partial charge in [-0.25, -0.2) is 0 Å². The average molecular weight is 308 g/mol. The van der Waals surface area contributed by atoms with Gasteiger partial charge in [-0.1, -0.05) is 30.3 Å². The molecule has 0 atom stereocenters. The molecule has 4 nitrogen and oxygen atoms in total. The number of hydrogen-bond acceptors (Lipinski definition) is 2. The molecule has 4 heteroatoms. The molecule has 2 amide bonds. The maximum absolute atomic E-state index is 12.3. The van der Waals surface area contributed by atoms with Gasteiger partial charge in [0.2, 0.25) is 5.91 Å². The van der Waals surface area contributed by atoms with Crippen LogP contribution in [0.4, 0.5) is 5.69 Å². The number of carbonyl (C=O) groups excluding carboxylic acids is 2. The van der Waals surface area contributed by atoms with Crippen LogP contribution in [0.5, 0.6) is 0 Å². The quantitative estimate of drug-likeness (QED) is 0.890. The van der Waals surface area contributed by atoms with Gasteiger partial charge in [-0.2, -0.15) is 0 Å². The summed E-state index contributed by atoms with van der Waals surface area (Å²) in [6.45, 7) is 2.51. The van der Waals surface area contributed by atoms with E-state index in [0.29, 0.717) is 17.8 Å². The predicted octanol–water partition coefficient (Wildman–Crippen LogP) is 3.27. The molecule has 23 heavy (non-hydrogen) atoms. The van der Waals surface area contributed by atoms with Crippen molar-refractivity contribution in [3.63, 3.8) is 0 Å². The van der Waals surface area contributed by atoms with Gasteiger partial charge >= 0.3 is 0 Å². The van der Waals surface area contributed by atoms with Crippen LogP contribution >= 0.6 is 0 Å².